The van der Waals surface area contributed by atoms with Crippen molar-refractivity contribution >= 4 is 31.9 Å². The van der Waals surface area contributed by atoms with Crippen LogP contribution in [0.4, 0.5) is 0 Å². The van der Waals surface area contributed by atoms with E-state index in [9.17, 15) is 0 Å². The maximum absolute atomic E-state index is 7.21. The van der Waals surface area contributed by atoms with Gasteiger partial charge in [-0.25, -0.2) is 0 Å². The highest BCUT2D eigenvalue weighted by molar-refractivity contribution is 9.28. The molecule has 0 aromatic carbocycles. The third-order valence-corrected chi connectivity index (χ3v) is 1.13. The van der Waals surface area contributed by atoms with Crippen molar-refractivity contribution in [3.8, 4) is 0 Å². The van der Waals surface area contributed by atoms with Crippen LogP contribution in [0.15, 0.2) is 9.47 Å². The van der Waals surface area contributed by atoms with Crippen molar-refractivity contribution in [3.05, 3.63) is 9.47 Å². The van der Waals surface area contributed by atoms with Crippen molar-refractivity contribution in [3.63, 3.8) is 0 Å². The quantitative estimate of drug-likeness (QED) is 0.649. The maximum atomic E-state index is 7.21. The molecule has 1 rings (SSSR count). The third kappa shape index (κ3) is 2.50. The van der Waals surface area contributed by atoms with Crippen LogP contribution in [0, 0.1) is 5.92 Å². The first-order valence-electron chi connectivity index (χ1n) is 3.83. The minimum Gasteiger partial charge on any atom is -0.0601 e. The Hall–Kier alpha value is 0.700. The van der Waals surface area contributed by atoms with E-state index in [4.69, 9.17) is 5.48 Å². The van der Waals surface area contributed by atoms with E-state index in [1.54, 1.807) is 0 Å². The van der Waals surface area contributed by atoms with Gasteiger partial charge in [-0.3, -0.25) is 0 Å². The van der Waals surface area contributed by atoms with E-state index in [1.165, 1.54) is 6.08 Å². The van der Waals surface area contributed by atoms with Crippen molar-refractivity contribution in [2.45, 2.75) is 12.7 Å². The Labute approximate surface area is 65.9 Å². The fourth-order valence-electron chi connectivity index (χ4n) is 0.257. The van der Waals surface area contributed by atoms with Gasteiger partial charge >= 0.3 is 0 Å². The Morgan fingerprint density at radius 1 is 1.71 bits per heavy atom. The van der Waals surface area contributed by atoms with Gasteiger partial charge in [-0.2, -0.15) is 0 Å². The molecule has 0 unspecified atom stereocenters. The molecule has 1 aliphatic rings. The second kappa shape index (κ2) is 2.31. The van der Waals surface area contributed by atoms with Crippen LogP contribution >= 0.6 is 31.9 Å². The summed E-state index contributed by atoms with van der Waals surface area (Å²) in [5.41, 5.74) is 0. The lowest BCUT2D eigenvalue weighted by Crippen LogP contribution is -1.58. The summed E-state index contributed by atoms with van der Waals surface area (Å²) in [6.07, 6.45) is -1.92. The average Bonchev–Trinajstić information content (AvgIpc) is 2.11. The molecule has 40 valence electrons. The lowest BCUT2D eigenvalue weighted by Gasteiger charge is -1.77. The van der Waals surface area contributed by atoms with Crippen LogP contribution in [0.1, 0.15) is 18.2 Å². The molecule has 1 aliphatic carbocycles. The van der Waals surface area contributed by atoms with Crippen molar-refractivity contribution in [1.29, 1.82) is 0 Å². The van der Waals surface area contributed by atoms with Crippen LogP contribution in [0.3, 0.4) is 0 Å². The zero-order valence-electron chi connectivity index (χ0n) is 7.41. The lowest BCUT2D eigenvalue weighted by molar-refractivity contribution is 1.13. The second-order valence-corrected chi connectivity index (χ2v) is 4.00. The Morgan fingerprint density at radius 2 is 2.29 bits per heavy atom. The summed E-state index contributed by atoms with van der Waals surface area (Å²) < 4.78 is 29.4. The van der Waals surface area contributed by atoms with E-state index in [0.29, 0.717) is 3.39 Å². The highest BCUT2D eigenvalue weighted by Gasteiger charge is 2.17. The number of rotatable bonds is 1. The smallest absolute Gasteiger partial charge is 0.0567 e. The number of hydrogen-bond acceptors (Lipinski definition) is 0. The predicted octanol–water partition coefficient (Wildman–Crippen LogP) is 3.03. The molecule has 1 saturated carbocycles. The van der Waals surface area contributed by atoms with Gasteiger partial charge in [0.1, 0.15) is 0 Å². The molecule has 7 heavy (non-hydrogen) atoms. The van der Waals surface area contributed by atoms with Gasteiger partial charge in [-0.1, -0.05) is 6.08 Å². The summed E-state index contributed by atoms with van der Waals surface area (Å²) in [5, 5.41) is 0. The van der Waals surface area contributed by atoms with Gasteiger partial charge in [0.2, 0.25) is 0 Å². The third-order valence-electron chi connectivity index (χ3n) is 0.604. The molecule has 0 amide bonds. The molecule has 2 heteroatoms. The molecule has 0 saturated heterocycles. The molecular weight excluding hydrogens is 220 g/mol. The van der Waals surface area contributed by atoms with Crippen molar-refractivity contribution in [2.75, 3.05) is 0 Å². The van der Waals surface area contributed by atoms with E-state index in [2.05, 4.69) is 31.9 Å². The first-order valence-corrected chi connectivity index (χ1v) is 3.41. The van der Waals surface area contributed by atoms with Gasteiger partial charge in [0, 0.05) is 5.48 Å². The van der Waals surface area contributed by atoms with Gasteiger partial charge in [-0.05, 0) is 50.5 Å². The average molecular weight is 230 g/mol. The SMILES string of the molecule is [2H]C1([2H])C(C=C(Br)Br)C1([2H])[2H]. The van der Waals surface area contributed by atoms with E-state index in [-0.39, 0.29) is 0 Å². The molecule has 0 aromatic rings. The molecule has 0 aliphatic heterocycles. The first-order chi connectivity index (χ1) is 4.80. The maximum Gasteiger partial charge on any atom is 0.0567 e. The van der Waals surface area contributed by atoms with Crippen molar-refractivity contribution in [2.24, 2.45) is 5.92 Å². The Bertz CT molecular complexity index is 193. The summed E-state index contributed by atoms with van der Waals surface area (Å²) in [7, 11) is 0. The van der Waals surface area contributed by atoms with Crippen molar-refractivity contribution < 1.29 is 5.48 Å². The summed E-state index contributed by atoms with van der Waals surface area (Å²) in [4.78, 5) is 0. The minimum atomic E-state index is -1.71. The zero-order chi connectivity index (χ0) is 8.86. The molecule has 0 atom stereocenters. The van der Waals surface area contributed by atoms with Crippen molar-refractivity contribution in [1.82, 2.24) is 0 Å². The van der Waals surface area contributed by atoms with Crippen LogP contribution in [-0.4, -0.2) is 0 Å². The second-order valence-electron chi connectivity index (χ2n) is 1.22. The number of halogens is 2. The molecule has 0 N–H and O–H groups in total. The summed E-state index contributed by atoms with van der Waals surface area (Å²) in [6, 6.07) is 0. The molecule has 0 nitrogen and oxygen atoms in total. The van der Waals surface area contributed by atoms with Gasteiger partial charge in [-0.15, -0.1) is 0 Å². The van der Waals surface area contributed by atoms with Crippen LogP contribution < -0.4 is 0 Å². The fraction of sp³-hybridized carbons (Fsp3) is 0.600. The van der Waals surface area contributed by atoms with E-state index in [0.717, 1.165) is 0 Å². The molecule has 0 radical (unpaired) electrons. The van der Waals surface area contributed by atoms with Crippen LogP contribution in [0.2, 0.25) is 0 Å². The topological polar surface area (TPSA) is 0 Å². The largest absolute Gasteiger partial charge is 0.0601 e. The van der Waals surface area contributed by atoms with Crippen LogP contribution in [0.25, 0.3) is 0 Å². The Kier molecular flexibility index (Phi) is 0.835. The molecule has 0 heterocycles. The summed E-state index contributed by atoms with van der Waals surface area (Å²) in [6.45, 7) is 0. The zero-order valence-corrected chi connectivity index (χ0v) is 6.58. The lowest BCUT2D eigenvalue weighted by atomic mass is 10.4. The predicted molar refractivity (Wildman–Crippen MR) is 38.7 cm³/mol. The Balaban J connectivity index is 2.76. The number of hydrogen-bond donors (Lipinski definition) is 0. The highest BCUT2D eigenvalue weighted by atomic mass is 79.9. The van der Waals surface area contributed by atoms with Gasteiger partial charge < -0.3 is 0 Å². The van der Waals surface area contributed by atoms with E-state index >= 15 is 0 Å². The Morgan fingerprint density at radius 3 is 2.43 bits per heavy atom. The van der Waals surface area contributed by atoms with Crippen LogP contribution in [0.5, 0.6) is 0 Å². The summed E-state index contributed by atoms with van der Waals surface area (Å²) >= 11 is 6.13. The standard InChI is InChI=1S/C5H6Br2/c6-5(7)3-4-1-2-4/h3-4H,1-2H2/i1D2,2D2. The number of allylic oxidation sites excluding steroid dienone is 1. The van der Waals surface area contributed by atoms with Gasteiger partial charge in [0.15, 0.2) is 0 Å². The summed E-state index contributed by atoms with van der Waals surface area (Å²) in [5.74, 6) is -0.635. The van der Waals surface area contributed by atoms with Gasteiger partial charge in [0.25, 0.3) is 0 Å². The fourth-order valence-corrected chi connectivity index (χ4v) is 0.786. The molecular formula is C5H6Br2. The molecule has 0 bridgehead atoms. The monoisotopic (exact) mass is 228 g/mol. The van der Waals surface area contributed by atoms with Crippen LogP contribution in [-0.2, 0) is 0 Å². The first kappa shape index (κ1) is 2.53. The highest BCUT2D eigenvalue weighted by Crippen LogP contribution is 2.33. The minimum absolute atomic E-state index is 0.597. The van der Waals surface area contributed by atoms with E-state index in [1.807, 2.05) is 0 Å². The molecule has 1 fully saturated rings. The van der Waals surface area contributed by atoms with Gasteiger partial charge in [0.05, 0.1) is 3.39 Å². The van der Waals surface area contributed by atoms with E-state index < -0.39 is 18.7 Å². The normalized spacial score (nSPS) is 42.0. The molecule has 0 aromatic heterocycles. The molecule has 0 spiro atoms.